The van der Waals surface area contributed by atoms with Crippen LogP contribution in [0.15, 0.2) is 96.9 Å². The van der Waals surface area contributed by atoms with Crippen molar-refractivity contribution in [3.63, 3.8) is 0 Å². The third kappa shape index (κ3) is 3.29. The fourth-order valence-corrected chi connectivity index (χ4v) is 3.95. The summed E-state index contributed by atoms with van der Waals surface area (Å²) in [5.41, 5.74) is 2.38. The molecule has 160 valence electrons. The van der Waals surface area contributed by atoms with Crippen LogP contribution < -0.4 is 10.4 Å². The first-order valence-electron chi connectivity index (χ1n) is 10.3. The van der Waals surface area contributed by atoms with Crippen LogP contribution in [0, 0.1) is 6.92 Å². The van der Waals surface area contributed by atoms with Gasteiger partial charge in [0.1, 0.15) is 28.3 Å². The number of benzene rings is 3. The molecule has 0 spiro atoms. The van der Waals surface area contributed by atoms with Crippen LogP contribution in [0.1, 0.15) is 16.1 Å². The number of carbonyl (C=O) groups is 1. The molecule has 0 bridgehead atoms. The van der Waals surface area contributed by atoms with Crippen molar-refractivity contribution in [3.05, 3.63) is 101 Å². The summed E-state index contributed by atoms with van der Waals surface area (Å²) in [5.74, 6) is 0.343. The third-order valence-corrected chi connectivity index (χ3v) is 5.56. The number of rotatable bonds is 3. The van der Waals surface area contributed by atoms with E-state index in [1.807, 2.05) is 48.5 Å². The van der Waals surface area contributed by atoms with Gasteiger partial charge in [0.05, 0.1) is 0 Å². The maximum absolute atomic E-state index is 12.8. The summed E-state index contributed by atoms with van der Waals surface area (Å²) >= 11 is 0. The van der Waals surface area contributed by atoms with E-state index in [0.717, 1.165) is 10.8 Å². The molecule has 0 unspecified atom stereocenters. The third-order valence-electron chi connectivity index (χ3n) is 5.56. The second kappa shape index (κ2) is 7.24. The largest absolute Gasteiger partial charge is 0.456 e. The fourth-order valence-electron chi connectivity index (χ4n) is 3.95. The molecule has 6 nitrogen and oxygen atoms in total. The molecule has 0 atom stereocenters. The standard InChI is InChI=1S/C27H16O6/c1-15-10-23-18(13-22(15)33-27(29)25-12-17-7-3-5-9-21(17)31-25)19(14-26(28)32-23)24-11-16-6-2-4-8-20(16)30-24/h2-14H,1H3. The monoisotopic (exact) mass is 436 g/mol. The van der Waals surface area contributed by atoms with Crippen LogP contribution in [0.4, 0.5) is 0 Å². The van der Waals surface area contributed by atoms with E-state index in [9.17, 15) is 9.59 Å². The Balaban J connectivity index is 1.45. The Morgan fingerprint density at radius 1 is 0.758 bits per heavy atom. The van der Waals surface area contributed by atoms with Crippen molar-refractivity contribution in [2.45, 2.75) is 6.92 Å². The SMILES string of the molecule is Cc1cc2oc(=O)cc(-c3cc4ccccc4o3)c2cc1OC(=O)c1cc2ccccc2o1. The first-order chi connectivity index (χ1) is 16.0. The lowest BCUT2D eigenvalue weighted by molar-refractivity contribution is 0.0703. The van der Waals surface area contributed by atoms with Gasteiger partial charge in [-0.05, 0) is 48.9 Å². The van der Waals surface area contributed by atoms with Crippen LogP contribution >= 0.6 is 0 Å². The molecule has 0 aliphatic carbocycles. The molecule has 0 radical (unpaired) electrons. The molecule has 0 saturated heterocycles. The van der Waals surface area contributed by atoms with Crippen molar-refractivity contribution >= 4 is 38.9 Å². The van der Waals surface area contributed by atoms with Gasteiger partial charge in [-0.3, -0.25) is 0 Å². The number of hydrogen-bond acceptors (Lipinski definition) is 6. The van der Waals surface area contributed by atoms with E-state index in [0.29, 0.717) is 44.8 Å². The molecular formula is C27H16O6. The van der Waals surface area contributed by atoms with E-state index in [1.165, 1.54) is 6.07 Å². The smallest absolute Gasteiger partial charge is 0.379 e. The topological polar surface area (TPSA) is 82.8 Å². The molecule has 0 N–H and O–H groups in total. The summed E-state index contributed by atoms with van der Waals surface area (Å²) in [4.78, 5) is 25.0. The van der Waals surface area contributed by atoms with E-state index in [-0.39, 0.29) is 5.76 Å². The summed E-state index contributed by atoms with van der Waals surface area (Å²) in [5, 5.41) is 2.32. The van der Waals surface area contributed by atoms with E-state index >= 15 is 0 Å². The summed E-state index contributed by atoms with van der Waals surface area (Å²) in [7, 11) is 0. The number of ether oxygens (including phenoxy) is 1. The minimum atomic E-state index is -0.615. The number of carbonyl (C=O) groups excluding carboxylic acids is 1. The first-order valence-corrected chi connectivity index (χ1v) is 10.3. The maximum atomic E-state index is 12.8. The van der Waals surface area contributed by atoms with Gasteiger partial charge in [-0.25, -0.2) is 9.59 Å². The Morgan fingerprint density at radius 2 is 1.45 bits per heavy atom. The highest BCUT2D eigenvalue weighted by Gasteiger charge is 2.19. The van der Waals surface area contributed by atoms with Gasteiger partial charge in [-0.1, -0.05) is 36.4 Å². The highest BCUT2D eigenvalue weighted by Crippen LogP contribution is 2.35. The average molecular weight is 436 g/mol. The summed E-state index contributed by atoms with van der Waals surface area (Å²) in [6.07, 6.45) is 0. The number of para-hydroxylation sites is 2. The molecule has 0 aliphatic rings. The molecular weight excluding hydrogens is 420 g/mol. The summed E-state index contributed by atoms with van der Waals surface area (Å²) in [6, 6.07) is 23.2. The van der Waals surface area contributed by atoms with Crippen LogP contribution in [0.2, 0.25) is 0 Å². The van der Waals surface area contributed by atoms with Crippen LogP contribution in [0.25, 0.3) is 44.2 Å². The minimum absolute atomic E-state index is 0.104. The van der Waals surface area contributed by atoms with Crippen LogP contribution in [-0.4, -0.2) is 5.97 Å². The zero-order valence-corrected chi connectivity index (χ0v) is 17.5. The predicted octanol–water partition coefficient (Wildman–Crippen LogP) is 6.48. The van der Waals surface area contributed by atoms with Gasteiger partial charge in [0.25, 0.3) is 0 Å². The Bertz CT molecular complexity index is 1680. The van der Waals surface area contributed by atoms with Gasteiger partial charge >= 0.3 is 11.6 Å². The highest BCUT2D eigenvalue weighted by molar-refractivity contribution is 5.97. The van der Waals surface area contributed by atoms with Gasteiger partial charge < -0.3 is 18.0 Å². The lowest BCUT2D eigenvalue weighted by Gasteiger charge is -2.09. The van der Waals surface area contributed by atoms with Gasteiger partial charge in [0, 0.05) is 27.8 Å². The first kappa shape index (κ1) is 19.1. The Kier molecular flexibility index (Phi) is 4.20. The number of esters is 1. The van der Waals surface area contributed by atoms with Crippen molar-refractivity contribution in [1.82, 2.24) is 0 Å². The fraction of sp³-hybridized carbons (Fsp3) is 0.0370. The Labute approximate surface area is 186 Å². The Hall–Kier alpha value is -4.58. The number of aryl methyl sites for hydroxylation is 1. The second-order valence-corrected chi connectivity index (χ2v) is 7.78. The number of fused-ring (bicyclic) bond motifs is 3. The molecule has 6 rings (SSSR count). The lowest BCUT2D eigenvalue weighted by Crippen LogP contribution is -2.08. The summed E-state index contributed by atoms with van der Waals surface area (Å²) < 4.78 is 22.7. The van der Waals surface area contributed by atoms with E-state index < -0.39 is 11.6 Å². The van der Waals surface area contributed by atoms with Gasteiger partial charge in [0.15, 0.2) is 0 Å². The lowest BCUT2D eigenvalue weighted by atomic mass is 10.0. The van der Waals surface area contributed by atoms with E-state index in [4.69, 9.17) is 18.0 Å². The quantitative estimate of drug-likeness (QED) is 0.179. The predicted molar refractivity (Wildman–Crippen MR) is 124 cm³/mol. The van der Waals surface area contributed by atoms with Crippen molar-refractivity contribution in [2.75, 3.05) is 0 Å². The molecule has 0 aliphatic heterocycles. The second-order valence-electron chi connectivity index (χ2n) is 7.78. The Morgan fingerprint density at radius 3 is 2.18 bits per heavy atom. The van der Waals surface area contributed by atoms with Crippen molar-refractivity contribution in [1.29, 1.82) is 0 Å². The molecule has 33 heavy (non-hydrogen) atoms. The highest BCUT2D eigenvalue weighted by atomic mass is 16.5. The molecule has 3 aromatic heterocycles. The van der Waals surface area contributed by atoms with Crippen molar-refractivity contribution in [2.24, 2.45) is 0 Å². The van der Waals surface area contributed by atoms with E-state index in [2.05, 4.69) is 0 Å². The normalized spacial score (nSPS) is 11.4. The van der Waals surface area contributed by atoms with Crippen LogP contribution in [0.5, 0.6) is 5.75 Å². The molecule has 0 amide bonds. The summed E-state index contributed by atoms with van der Waals surface area (Å²) in [6.45, 7) is 1.77. The van der Waals surface area contributed by atoms with Gasteiger partial charge in [0.2, 0.25) is 5.76 Å². The van der Waals surface area contributed by atoms with Gasteiger partial charge in [-0.2, -0.15) is 0 Å². The molecule has 3 aromatic carbocycles. The van der Waals surface area contributed by atoms with Crippen LogP contribution in [0.3, 0.4) is 0 Å². The number of furan rings is 2. The van der Waals surface area contributed by atoms with Crippen molar-refractivity contribution in [3.8, 4) is 17.1 Å². The molecule has 3 heterocycles. The zero-order valence-electron chi connectivity index (χ0n) is 17.5. The average Bonchev–Trinajstić information content (AvgIpc) is 3.43. The molecule has 6 heteroatoms. The van der Waals surface area contributed by atoms with Crippen LogP contribution in [-0.2, 0) is 0 Å². The molecule has 0 saturated carbocycles. The van der Waals surface area contributed by atoms with Gasteiger partial charge in [-0.15, -0.1) is 0 Å². The number of hydrogen-bond donors (Lipinski definition) is 0. The molecule has 0 fully saturated rings. The molecule has 6 aromatic rings. The van der Waals surface area contributed by atoms with E-state index in [1.54, 1.807) is 31.2 Å². The maximum Gasteiger partial charge on any atom is 0.379 e. The van der Waals surface area contributed by atoms with Crippen molar-refractivity contribution < 1.29 is 22.8 Å². The zero-order chi connectivity index (χ0) is 22.5. The minimum Gasteiger partial charge on any atom is -0.456 e.